The first-order valence-corrected chi connectivity index (χ1v) is 8.96. The van der Waals surface area contributed by atoms with Crippen molar-refractivity contribution in [1.29, 1.82) is 0 Å². The molecule has 1 N–H and O–H groups in total. The molecule has 0 bridgehead atoms. The minimum Gasteiger partial charge on any atom is -0.306 e. The Labute approximate surface area is 126 Å². The number of thiazole rings is 1. The van der Waals surface area contributed by atoms with Gasteiger partial charge in [-0.3, -0.25) is 4.90 Å². The van der Waals surface area contributed by atoms with Crippen molar-refractivity contribution in [3.05, 3.63) is 16.1 Å². The van der Waals surface area contributed by atoms with Crippen LogP contribution in [-0.4, -0.2) is 40.5 Å². The molecule has 0 saturated carbocycles. The summed E-state index contributed by atoms with van der Waals surface area (Å²) in [4.78, 5) is 7.07. The molecule has 1 heterocycles. The summed E-state index contributed by atoms with van der Waals surface area (Å²) in [6.07, 6.45) is 2.16. The van der Waals surface area contributed by atoms with Crippen molar-refractivity contribution in [2.24, 2.45) is 0 Å². The summed E-state index contributed by atoms with van der Waals surface area (Å²) in [6.45, 7) is 10.6. The van der Waals surface area contributed by atoms with E-state index in [0.717, 1.165) is 13.1 Å². The summed E-state index contributed by atoms with van der Waals surface area (Å²) in [5, 5.41) is 6.84. The number of hydrogen-bond acceptors (Lipinski definition) is 5. The fraction of sp³-hybridized carbons (Fsp3) is 0.786. The molecule has 0 aliphatic rings. The van der Waals surface area contributed by atoms with Gasteiger partial charge in [-0.05, 0) is 41.0 Å². The molecular formula is C14H27N3S2. The van der Waals surface area contributed by atoms with Crippen molar-refractivity contribution in [2.45, 2.75) is 52.4 Å². The fourth-order valence-electron chi connectivity index (χ4n) is 1.62. The van der Waals surface area contributed by atoms with Crippen molar-refractivity contribution in [1.82, 2.24) is 15.2 Å². The Morgan fingerprint density at radius 3 is 2.74 bits per heavy atom. The maximum absolute atomic E-state index is 4.70. The van der Waals surface area contributed by atoms with Crippen LogP contribution in [0.15, 0.2) is 5.38 Å². The van der Waals surface area contributed by atoms with Gasteiger partial charge in [0.15, 0.2) is 0 Å². The van der Waals surface area contributed by atoms with E-state index in [2.05, 4.69) is 56.6 Å². The number of hydrogen-bond donors (Lipinski definition) is 1. The Kier molecular flexibility index (Phi) is 6.80. The van der Waals surface area contributed by atoms with Crippen LogP contribution in [0.5, 0.6) is 0 Å². The molecule has 0 fully saturated rings. The van der Waals surface area contributed by atoms with Crippen LogP contribution in [0.2, 0.25) is 0 Å². The lowest BCUT2D eigenvalue weighted by atomic mass is 10.1. The van der Waals surface area contributed by atoms with Crippen LogP contribution in [-0.2, 0) is 13.1 Å². The van der Waals surface area contributed by atoms with Crippen LogP contribution >= 0.6 is 23.1 Å². The summed E-state index contributed by atoms with van der Waals surface area (Å²) in [5.74, 6) is 1.17. The summed E-state index contributed by atoms with van der Waals surface area (Å²) < 4.78 is 0. The highest BCUT2D eigenvalue weighted by Gasteiger charge is 2.13. The van der Waals surface area contributed by atoms with Crippen molar-refractivity contribution in [3.8, 4) is 0 Å². The van der Waals surface area contributed by atoms with Crippen molar-refractivity contribution < 1.29 is 0 Å². The molecule has 1 aromatic heterocycles. The fourth-order valence-corrected chi connectivity index (χ4v) is 3.08. The predicted molar refractivity (Wildman–Crippen MR) is 88.0 cm³/mol. The molecule has 19 heavy (non-hydrogen) atoms. The highest BCUT2D eigenvalue weighted by molar-refractivity contribution is 7.98. The predicted octanol–water partition coefficient (Wildman–Crippen LogP) is 3.21. The normalized spacial score (nSPS) is 14.1. The van der Waals surface area contributed by atoms with Crippen LogP contribution in [0, 0.1) is 0 Å². The Morgan fingerprint density at radius 1 is 1.47 bits per heavy atom. The number of aromatic nitrogens is 1. The molecule has 0 aromatic carbocycles. The van der Waals surface area contributed by atoms with Crippen molar-refractivity contribution >= 4 is 23.1 Å². The van der Waals surface area contributed by atoms with Crippen LogP contribution in [0.1, 0.15) is 38.4 Å². The van der Waals surface area contributed by atoms with Gasteiger partial charge in [-0.15, -0.1) is 11.3 Å². The lowest BCUT2D eigenvalue weighted by Crippen LogP contribution is -2.35. The van der Waals surface area contributed by atoms with E-state index >= 15 is 0 Å². The first kappa shape index (κ1) is 17.0. The third-order valence-electron chi connectivity index (χ3n) is 2.94. The third-order valence-corrected chi connectivity index (χ3v) is 4.65. The summed E-state index contributed by atoms with van der Waals surface area (Å²) in [6, 6.07) is 0.591. The van der Waals surface area contributed by atoms with Gasteiger partial charge in [-0.25, -0.2) is 4.98 Å². The molecule has 0 aliphatic carbocycles. The molecule has 110 valence electrons. The van der Waals surface area contributed by atoms with Gasteiger partial charge >= 0.3 is 0 Å². The van der Waals surface area contributed by atoms with Crippen molar-refractivity contribution in [2.75, 3.05) is 19.1 Å². The first-order chi connectivity index (χ1) is 8.81. The van der Waals surface area contributed by atoms with E-state index in [4.69, 9.17) is 4.98 Å². The van der Waals surface area contributed by atoms with Gasteiger partial charge in [-0.1, -0.05) is 0 Å². The quantitative estimate of drug-likeness (QED) is 0.837. The molecule has 1 unspecified atom stereocenters. The Bertz CT molecular complexity index is 371. The van der Waals surface area contributed by atoms with Gasteiger partial charge in [0.05, 0.1) is 5.69 Å². The summed E-state index contributed by atoms with van der Waals surface area (Å²) in [7, 11) is 2.17. The second kappa shape index (κ2) is 7.62. The van der Waals surface area contributed by atoms with Crippen LogP contribution in [0.25, 0.3) is 0 Å². The molecular weight excluding hydrogens is 274 g/mol. The minimum absolute atomic E-state index is 0.148. The zero-order valence-corrected chi connectivity index (χ0v) is 14.6. The molecule has 1 aromatic rings. The lowest BCUT2D eigenvalue weighted by Gasteiger charge is -2.23. The van der Waals surface area contributed by atoms with Gasteiger partial charge < -0.3 is 5.32 Å². The third kappa shape index (κ3) is 6.75. The zero-order chi connectivity index (χ0) is 14.5. The second-order valence-electron chi connectivity index (χ2n) is 6.06. The molecule has 5 heteroatoms. The largest absolute Gasteiger partial charge is 0.306 e. The van der Waals surface area contributed by atoms with Gasteiger partial charge in [0.1, 0.15) is 5.01 Å². The standard InChI is InChI=1S/C14H27N3S2/c1-11(9-18-6)17(5)8-12-10-19-13(16-12)7-15-14(2,3)4/h10-11,15H,7-9H2,1-6H3. The number of thioether (sulfide) groups is 1. The average Bonchev–Trinajstić information content (AvgIpc) is 2.73. The smallest absolute Gasteiger partial charge is 0.107 e. The average molecular weight is 302 g/mol. The lowest BCUT2D eigenvalue weighted by molar-refractivity contribution is 0.267. The molecule has 0 spiro atoms. The second-order valence-corrected chi connectivity index (χ2v) is 7.91. The number of nitrogens with one attached hydrogen (secondary N) is 1. The van der Waals surface area contributed by atoms with Gasteiger partial charge in [0, 0.05) is 35.8 Å². The van der Waals surface area contributed by atoms with E-state index in [9.17, 15) is 0 Å². The van der Waals surface area contributed by atoms with E-state index in [1.807, 2.05) is 11.8 Å². The molecule has 0 amide bonds. The van der Waals surface area contributed by atoms with Crippen LogP contribution < -0.4 is 5.32 Å². The van der Waals surface area contributed by atoms with E-state index in [0.29, 0.717) is 6.04 Å². The molecule has 3 nitrogen and oxygen atoms in total. The van der Waals surface area contributed by atoms with Gasteiger partial charge in [-0.2, -0.15) is 11.8 Å². The molecule has 1 atom stereocenters. The zero-order valence-electron chi connectivity index (χ0n) is 13.0. The SMILES string of the molecule is CSCC(C)N(C)Cc1csc(CNC(C)(C)C)n1. The Balaban J connectivity index is 2.46. The molecule has 0 saturated heterocycles. The molecule has 1 rings (SSSR count). The number of rotatable bonds is 7. The van der Waals surface area contributed by atoms with E-state index in [1.165, 1.54) is 16.5 Å². The van der Waals surface area contributed by atoms with Crippen LogP contribution in [0.3, 0.4) is 0 Å². The van der Waals surface area contributed by atoms with E-state index in [1.54, 1.807) is 11.3 Å². The summed E-state index contributed by atoms with van der Waals surface area (Å²) >= 11 is 3.65. The van der Waals surface area contributed by atoms with E-state index < -0.39 is 0 Å². The first-order valence-electron chi connectivity index (χ1n) is 6.69. The van der Waals surface area contributed by atoms with Gasteiger partial charge in [0.2, 0.25) is 0 Å². The molecule has 0 aliphatic heterocycles. The van der Waals surface area contributed by atoms with Gasteiger partial charge in [0.25, 0.3) is 0 Å². The summed E-state index contributed by atoms with van der Waals surface area (Å²) in [5.41, 5.74) is 1.33. The molecule has 0 radical (unpaired) electrons. The van der Waals surface area contributed by atoms with Crippen LogP contribution in [0.4, 0.5) is 0 Å². The Morgan fingerprint density at radius 2 is 2.16 bits per heavy atom. The highest BCUT2D eigenvalue weighted by Crippen LogP contribution is 2.14. The monoisotopic (exact) mass is 301 g/mol. The maximum atomic E-state index is 4.70. The van der Waals surface area contributed by atoms with Crippen molar-refractivity contribution in [3.63, 3.8) is 0 Å². The minimum atomic E-state index is 0.148. The topological polar surface area (TPSA) is 28.2 Å². The van der Waals surface area contributed by atoms with E-state index in [-0.39, 0.29) is 5.54 Å². The highest BCUT2D eigenvalue weighted by atomic mass is 32.2. The maximum Gasteiger partial charge on any atom is 0.107 e. The number of nitrogens with zero attached hydrogens (tertiary/aromatic N) is 2. The Hall–Kier alpha value is -0.100.